The maximum atomic E-state index is 13.4. The fraction of sp³-hybridized carbons (Fsp3) is 0.375. The van der Waals surface area contributed by atoms with Crippen LogP contribution in [0, 0.1) is 0 Å². The van der Waals surface area contributed by atoms with Gasteiger partial charge in [0.15, 0.2) is 0 Å². The minimum Gasteiger partial charge on any atom is -0.378 e. The van der Waals surface area contributed by atoms with Crippen LogP contribution in [-0.2, 0) is 16.1 Å². The van der Waals surface area contributed by atoms with Crippen LogP contribution in [0.2, 0.25) is 0 Å². The van der Waals surface area contributed by atoms with Crippen molar-refractivity contribution < 1.29 is 9.53 Å². The normalized spacial score (nSPS) is 27.9. The van der Waals surface area contributed by atoms with Crippen molar-refractivity contribution >= 4 is 28.7 Å². The number of amides is 1. The molecule has 0 radical (unpaired) electrons. The number of rotatable bonds is 5. The van der Waals surface area contributed by atoms with Crippen LogP contribution < -0.4 is 10.9 Å². The molecular weight excluding hydrogens is 406 g/mol. The van der Waals surface area contributed by atoms with Crippen molar-refractivity contribution in [1.82, 2.24) is 19.8 Å². The van der Waals surface area contributed by atoms with Gasteiger partial charge < -0.3 is 24.5 Å². The van der Waals surface area contributed by atoms with E-state index in [0.29, 0.717) is 50.4 Å². The first-order chi connectivity index (χ1) is 15.6. The first kappa shape index (κ1) is 19.3. The third-order valence-electron chi connectivity index (χ3n) is 7.11. The van der Waals surface area contributed by atoms with Gasteiger partial charge in [0.2, 0.25) is 0 Å². The molecular formula is C24H25N5O3. The van der Waals surface area contributed by atoms with Crippen molar-refractivity contribution in [2.24, 2.45) is 4.99 Å². The summed E-state index contributed by atoms with van der Waals surface area (Å²) < 4.78 is 7.14. The van der Waals surface area contributed by atoms with Crippen molar-refractivity contribution in [2.75, 3.05) is 26.3 Å². The lowest BCUT2D eigenvalue weighted by molar-refractivity contribution is -0.130. The van der Waals surface area contributed by atoms with Crippen LogP contribution >= 0.6 is 0 Å². The molecule has 164 valence electrons. The molecule has 2 N–H and O–H groups in total. The molecule has 32 heavy (non-hydrogen) atoms. The third-order valence-corrected chi connectivity index (χ3v) is 7.11. The minimum atomic E-state index is -0.438. The summed E-state index contributed by atoms with van der Waals surface area (Å²) in [5.74, 6) is 0.0136. The van der Waals surface area contributed by atoms with Crippen LogP contribution in [-0.4, -0.2) is 64.1 Å². The Labute approximate surface area is 185 Å². The fourth-order valence-electron chi connectivity index (χ4n) is 5.33. The average Bonchev–Trinajstić information content (AvgIpc) is 3.11. The van der Waals surface area contributed by atoms with Crippen LogP contribution in [0.15, 0.2) is 58.6 Å². The van der Waals surface area contributed by atoms with E-state index >= 15 is 0 Å². The van der Waals surface area contributed by atoms with Crippen molar-refractivity contribution in [3.63, 3.8) is 0 Å². The van der Waals surface area contributed by atoms with Gasteiger partial charge in [-0.05, 0) is 30.2 Å². The van der Waals surface area contributed by atoms with Crippen molar-refractivity contribution in [1.29, 1.82) is 0 Å². The molecule has 2 fully saturated rings. The van der Waals surface area contributed by atoms with Gasteiger partial charge in [0.25, 0.3) is 11.5 Å². The Kier molecular flexibility index (Phi) is 4.10. The lowest BCUT2D eigenvalue weighted by atomic mass is 9.86. The Hall–Kier alpha value is -3.39. The quantitative estimate of drug-likeness (QED) is 0.704. The highest BCUT2D eigenvalue weighted by Crippen LogP contribution is 2.64. The number of carbonyl (C=O) groups excluding carboxylic acids is 1. The zero-order valence-electron chi connectivity index (χ0n) is 17.8. The topological polar surface area (TPSA) is 91.7 Å². The largest absolute Gasteiger partial charge is 0.378 e. The lowest BCUT2D eigenvalue weighted by Gasteiger charge is -2.30. The number of nitrogens with one attached hydrogen (secondary N) is 2. The van der Waals surface area contributed by atoms with Gasteiger partial charge in [-0.3, -0.25) is 14.6 Å². The molecule has 4 heterocycles. The highest BCUT2D eigenvalue weighted by Gasteiger charge is 2.72. The number of ether oxygens (including phenoxy) is 1. The second-order valence-corrected chi connectivity index (χ2v) is 8.86. The van der Waals surface area contributed by atoms with Crippen LogP contribution in [0.5, 0.6) is 0 Å². The minimum absolute atomic E-state index is 0.0136. The second kappa shape index (κ2) is 6.80. The molecule has 0 bridgehead atoms. The number of morpholine rings is 1. The van der Waals surface area contributed by atoms with Gasteiger partial charge in [0.1, 0.15) is 11.1 Å². The molecule has 2 aromatic rings. The molecule has 2 aromatic heterocycles. The molecule has 2 atom stereocenters. The van der Waals surface area contributed by atoms with E-state index in [4.69, 9.17) is 9.73 Å². The molecule has 2 aliphatic carbocycles. The maximum absolute atomic E-state index is 13.4. The Bertz CT molecular complexity index is 1290. The number of carbonyl (C=O) groups is 1. The zero-order chi connectivity index (χ0) is 21.9. The summed E-state index contributed by atoms with van der Waals surface area (Å²) in [6, 6.07) is 1.93. The highest BCUT2D eigenvalue weighted by molar-refractivity contribution is 6.06. The SMILES string of the molecule is C=CCCn1cc(C2=CC(C(=O)N3CCOCC3)=CC34CC23N=CN4)c2cc[nH]c2c1=O. The molecule has 1 saturated carbocycles. The van der Waals surface area contributed by atoms with E-state index in [1.165, 1.54) is 0 Å². The molecule has 0 spiro atoms. The number of aromatic nitrogens is 2. The van der Waals surface area contributed by atoms with E-state index in [9.17, 15) is 9.59 Å². The number of aliphatic imine (C=N–C) groups is 1. The zero-order valence-corrected chi connectivity index (χ0v) is 17.8. The van der Waals surface area contributed by atoms with Gasteiger partial charge in [0.05, 0.1) is 25.1 Å². The van der Waals surface area contributed by atoms with Gasteiger partial charge in [-0.1, -0.05) is 6.08 Å². The van der Waals surface area contributed by atoms with E-state index < -0.39 is 5.54 Å². The predicted octanol–water partition coefficient (Wildman–Crippen LogP) is 1.60. The van der Waals surface area contributed by atoms with Crippen LogP contribution in [0.3, 0.4) is 0 Å². The van der Waals surface area contributed by atoms with Crippen LogP contribution in [0.25, 0.3) is 16.5 Å². The number of aromatic amines is 1. The monoisotopic (exact) mass is 431 g/mol. The van der Waals surface area contributed by atoms with E-state index in [2.05, 4.69) is 16.9 Å². The first-order valence-electron chi connectivity index (χ1n) is 11.0. The number of nitrogens with zero attached hydrogens (tertiary/aromatic N) is 3. The summed E-state index contributed by atoms with van der Waals surface area (Å²) in [7, 11) is 0. The summed E-state index contributed by atoms with van der Waals surface area (Å²) >= 11 is 0. The number of hydrogen-bond donors (Lipinski definition) is 2. The summed E-state index contributed by atoms with van der Waals surface area (Å²) in [6.45, 7) is 6.64. The molecule has 2 unspecified atom stereocenters. The highest BCUT2D eigenvalue weighted by atomic mass is 16.5. The number of hydrogen-bond acceptors (Lipinski definition) is 5. The number of allylic oxidation sites excluding steroid dienone is 1. The summed E-state index contributed by atoms with van der Waals surface area (Å²) in [5.41, 5.74) is 2.29. The molecule has 2 aliphatic heterocycles. The number of aryl methyl sites for hydroxylation is 1. The summed E-state index contributed by atoms with van der Waals surface area (Å²) in [6.07, 6.45) is 12.8. The number of pyridine rings is 1. The van der Waals surface area contributed by atoms with E-state index in [-0.39, 0.29) is 17.0 Å². The molecule has 1 saturated heterocycles. The molecule has 1 amide bonds. The smallest absolute Gasteiger partial charge is 0.274 e. The Morgan fingerprint density at radius 3 is 3.00 bits per heavy atom. The first-order valence-corrected chi connectivity index (χ1v) is 11.0. The van der Waals surface area contributed by atoms with Crippen molar-refractivity contribution in [3.05, 3.63) is 64.8 Å². The molecule has 8 nitrogen and oxygen atoms in total. The number of H-pyrrole nitrogens is 1. The lowest BCUT2D eigenvalue weighted by Crippen LogP contribution is -2.43. The van der Waals surface area contributed by atoms with Crippen molar-refractivity contribution in [3.8, 4) is 0 Å². The van der Waals surface area contributed by atoms with Gasteiger partial charge in [0, 0.05) is 55.0 Å². The van der Waals surface area contributed by atoms with Crippen LogP contribution in [0.4, 0.5) is 0 Å². The predicted molar refractivity (Wildman–Crippen MR) is 123 cm³/mol. The van der Waals surface area contributed by atoms with E-state index in [0.717, 1.165) is 22.9 Å². The molecule has 6 rings (SSSR count). The second-order valence-electron chi connectivity index (χ2n) is 8.86. The van der Waals surface area contributed by atoms with E-state index in [1.54, 1.807) is 17.1 Å². The Morgan fingerprint density at radius 2 is 2.19 bits per heavy atom. The van der Waals surface area contributed by atoms with E-state index in [1.807, 2.05) is 35.4 Å². The maximum Gasteiger partial charge on any atom is 0.274 e. The Morgan fingerprint density at radius 1 is 1.34 bits per heavy atom. The van der Waals surface area contributed by atoms with Gasteiger partial charge >= 0.3 is 0 Å². The molecule has 0 aromatic carbocycles. The third kappa shape index (κ3) is 2.56. The van der Waals surface area contributed by atoms with Gasteiger partial charge in [-0.25, -0.2) is 0 Å². The average molecular weight is 431 g/mol. The molecule has 8 heteroatoms. The van der Waals surface area contributed by atoms with Crippen molar-refractivity contribution in [2.45, 2.75) is 30.5 Å². The summed E-state index contributed by atoms with van der Waals surface area (Å²) in [4.78, 5) is 36.1. The Balaban J connectivity index is 1.50. The fourth-order valence-corrected chi connectivity index (χ4v) is 5.33. The molecule has 4 aliphatic rings. The van der Waals surface area contributed by atoms with Gasteiger partial charge in [-0.2, -0.15) is 0 Å². The standard InChI is InChI=1S/C24H25N5O3/c1-2-3-6-29-13-18(17-4-5-25-20(17)22(29)31)19-11-16(21(30)28-7-9-32-10-8-28)12-23-14-24(19,23)27-15-26-23/h2,4-5,11-13,15,25H,1,3,6-10,14H2,(H,26,27). The number of fused-ring (bicyclic) bond motifs is 1. The van der Waals surface area contributed by atoms with Crippen LogP contribution in [0.1, 0.15) is 18.4 Å². The van der Waals surface area contributed by atoms with Gasteiger partial charge in [-0.15, -0.1) is 6.58 Å². The summed E-state index contributed by atoms with van der Waals surface area (Å²) in [5, 5.41) is 4.25.